The Bertz CT molecular complexity index is 5070. The smallest absolute Gasteiger partial charge is 0.253 e. The van der Waals surface area contributed by atoms with Crippen LogP contribution in [0.5, 0.6) is 46.0 Å². The summed E-state index contributed by atoms with van der Waals surface area (Å²) in [6, 6.07) is 20.9. The summed E-state index contributed by atoms with van der Waals surface area (Å²) in [6.45, 7) is 34.3. The standard InChI is InChI=1S/2C27H39N7O2.2C26H39N5O2/c1-20(2)33-15-8-21(9-16-33)29-26-22-18-24(35-3)25(36-17-7-13-32-11-4-5-12-32)19-23(22)30-27(31-26)34-14-6-10-28-34;1-20(2)33-13-7-21(8-14-33)29-26-22-17-24(35-3)25(36-16-6-12-32-10-4-5-11-32)18-23(22)30-27(31-26)34-15-9-28-19-34;2*1-32-23-18-21-22(19-24(23)33-17-9-14-30-12-5-6-13-30)28-26(31-15-7-8-16-31)29-25(21)27-20-10-3-2-4-11-20/h6,10,14,18-21H,4-5,7-9,11-13,15-17H2,1-3H3,(H,29,30,31);9,15,17-21H,4-8,10-14,16H2,1-3H3,(H,29,30,31);2*18-20H,2-17H2,1H3,(H,27,28,29). The Morgan fingerprint density at radius 1 is 0.304 bits per heavy atom. The number of imidazole rings is 1. The number of rotatable bonds is 38. The number of anilines is 6. The number of piperidine rings is 2. The van der Waals surface area contributed by atoms with Gasteiger partial charge in [0.15, 0.2) is 46.0 Å². The van der Waals surface area contributed by atoms with Crippen LogP contribution in [0, 0.1) is 0 Å². The highest BCUT2D eigenvalue weighted by atomic mass is 16.5. The quantitative estimate of drug-likeness (QED) is 0.0262. The number of fused-ring (bicyclic) bond motifs is 4. The van der Waals surface area contributed by atoms with Crippen LogP contribution in [-0.2, 0) is 0 Å². The van der Waals surface area contributed by atoms with Gasteiger partial charge in [0.2, 0.25) is 17.8 Å². The van der Waals surface area contributed by atoms with Crippen LogP contribution in [-0.4, -0.2) is 311 Å². The number of aromatic nitrogens is 12. The molecule has 8 saturated heterocycles. The predicted octanol–water partition coefficient (Wildman–Crippen LogP) is 17.6. The molecule has 8 aliphatic heterocycles. The highest BCUT2D eigenvalue weighted by Crippen LogP contribution is 2.43. The van der Waals surface area contributed by atoms with Gasteiger partial charge in [-0.25, -0.2) is 29.6 Å². The van der Waals surface area contributed by atoms with Crippen molar-refractivity contribution in [2.45, 2.75) is 257 Å². The van der Waals surface area contributed by atoms with E-state index in [4.69, 9.17) is 77.8 Å². The highest BCUT2D eigenvalue weighted by molar-refractivity contribution is 5.96. The Morgan fingerprint density at radius 3 is 0.899 bits per heavy atom. The second kappa shape index (κ2) is 50.1. The molecule has 0 atom stereocenters. The van der Waals surface area contributed by atoms with Crippen LogP contribution in [0.1, 0.15) is 220 Å². The molecule has 2 saturated carbocycles. The van der Waals surface area contributed by atoms with E-state index in [1.165, 1.54) is 194 Å². The third-order valence-corrected chi connectivity index (χ3v) is 29.5. The molecular weight excluding hydrogens is 1740 g/mol. The summed E-state index contributed by atoms with van der Waals surface area (Å²) in [5.74, 6) is 12.2. The summed E-state index contributed by atoms with van der Waals surface area (Å²) in [6.07, 6.45) is 45.4. The lowest BCUT2D eigenvalue weighted by molar-refractivity contribution is 0.177. The maximum absolute atomic E-state index is 6.21. The van der Waals surface area contributed by atoms with Gasteiger partial charge in [-0.3, -0.25) is 4.57 Å². The molecule has 10 aromatic rings. The second-order valence-corrected chi connectivity index (χ2v) is 39.9. The molecule has 4 N–H and O–H groups in total. The number of hydrogen-bond donors (Lipinski definition) is 4. The molecule has 748 valence electrons. The Hall–Kier alpha value is -10.4. The van der Waals surface area contributed by atoms with E-state index in [0.29, 0.717) is 91.8 Å². The summed E-state index contributed by atoms with van der Waals surface area (Å²) in [4.78, 5) is 63.4. The van der Waals surface area contributed by atoms with Gasteiger partial charge in [0.25, 0.3) is 5.95 Å². The van der Waals surface area contributed by atoms with Crippen LogP contribution >= 0.6 is 0 Å². The van der Waals surface area contributed by atoms with Crippen LogP contribution in [0.15, 0.2) is 85.7 Å². The molecule has 0 radical (unpaired) electrons. The topological polar surface area (TPSA) is 287 Å². The van der Waals surface area contributed by atoms with Crippen molar-refractivity contribution in [2.24, 2.45) is 0 Å². The number of nitrogens with one attached hydrogen (secondary N) is 4. The summed E-state index contributed by atoms with van der Waals surface area (Å²) in [5.41, 5.74) is 3.50. The van der Waals surface area contributed by atoms with Gasteiger partial charge < -0.3 is 98.4 Å². The number of ether oxygens (including phenoxy) is 8. The summed E-state index contributed by atoms with van der Waals surface area (Å²) >= 11 is 0. The normalized spacial score (nSPS) is 18.8. The largest absolute Gasteiger partial charge is 0.493 e. The molecule has 14 heterocycles. The molecule has 0 spiro atoms. The number of nitrogens with zero attached hydrogens (tertiary/aromatic N) is 20. The number of hydrogen-bond acceptors (Lipinski definition) is 30. The number of methoxy groups -OCH3 is 4. The average Bonchev–Trinajstić information content (AvgIpc) is 1.02. The van der Waals surface area contributed by atoms with Crippen molar-refractivity contribution in [1.29, 1.82) is 0 Å². The van der Waals surface area contributed by atoms with Crippen molar-refractivity contribution in [2.75, 3.05) is 217 Å². The minimum absolute atomic E-state index is 0.357. The van der Waals surface area contributed by atoms with E-state index >= 15 is 0 Å². The van der Waals surface area contributed by atoms with E-state index in [1.807, 2.05) is 47.3 Å². The fraction of sp³-hybridized carbons (Fsp3) is 0.642. The van der Waals surface area contributed by atoms with Gasteiger partial charge in [-0.15, -0.1) is 0 Å². The molecule has 6 aromatic heterocycles. The van der Waals surface area contributed by atoms with E-state index in [0.717, 1.165) is 237 Å². The van der Waals surface area contributed by atoms with Gasteiger partial charge in [-0.05, 0) is 264 Å². The minimum Gasteiger partial charge on any atom is -0.493 e. The summed E-state index contributed by atoms with van der Waals surface area (Å²) in [7, 11) is 6.80. The molecule has 0 amide bonds. The van der Waals surface area contributed by atoms with E-state index < -0.39 is 0 Å². The minimum atomic E-state index is 0.357. The van der Waals surface area contributed by atoms with Crippen molar-refractivity contribution in [3.05, 3.63) is 85.7 Å². The van der Waals surface area contributed by atoms with Crippen LogP contribution in [0.2, 0.25) is 0 Å². The molecule has 138 heavy (non-hydrogen) atoms. The fourth-order valence-electron chi connectivity index (χ4n) is 21.4. The van der Waals surface area contributed by atoms with Gasteiger partial charge in [-0.2, -0.15) is 25.0 Å². The first-order valence-electron chi connectivity index (χ1n) is 52.8. The molecule has 10 aliphatic rings. The van der Waals surface area contributed by atoms with Crippen LogP contribution in [0.4, 0.5) is 35.2 Å². The molecular formula is C106H156N24O8. The Morgan fingerprint density at radius 2 is 0.601 bits per heavy atom. The molecule has 0 unspecified atom stereocenters. The first kappa shape index (κ1) is 99.2. The van der Waals surface area contributed by atoms with Crippen molar-refractivity contribution in [1.82, 2.24) is 88.6 Å². The van der Waals surface area contributed by atoms with E-state index in [2.05, 4.69) is 123 Å². The van der Waals surface area contributed by atoms with Gasteiger partial charge >= 0.3 is 0 Å². The fourth-order valence-corrected chi connectivity index (χ4v) is 21.4. The van der Waals surface area contributed by atoms with E-state index in [1.54, 1.807) is 51.8 Å². The molecule has 32 heteroatoms. The molecule has 32 nitrogen and oxygen atoms in total. The Balaban J connectivity index is 0.000000127. The molecule has 0 bridgehead atoms. The van der Waals surface area contributed by atoms with Gasteiger partial charge in [0.05, 0.1) is 76.9 Å². The average molecular weight is 1890 g/mol. The number of likely N-dealkylation sites (tertiary alicyclic amines) is 6. The van der Waals surface area contributed by atoms with E-state index in [9.17, 15) is 0 Å². The summed E-state index contributed by atoms with van der Waals surface area (Å²) < 4.78 is 51.3. The third kappa shape index (κ3) is 26.8. The lowest BCUT2D eigenvalue weighted by atomic mass is 9.95. The van der Waals surface area contributed by atoms with Crippen LogP contribution < -0.4 is 69.0 Å². The zero-order chi connectivity index (χ0) is 94.7. The molecule has 4 aromatic carbocycles. The van der Waals surface area contributed by atoms with Gasteiger partial charge in [0, 0.05) is 185 Å². The lowest BCUT2D eigenvalue weighted by Crippen LogP contribution is -2.42. The van der Waals surface area contributed by atoms with Gasteiger partial charge in [-0.1, -0.05) is 38.5 Å². The molecule has 10 fully saturated rings. The second-order valence-electron chi connectivity index (χ2n) is 39.9. The lowest BCUT2D eigenvalue weighted by Gasteiger charge is -2.35. The maximum atomic E-state index is 6.21. The monoisotopic (exact) mass is 1890 g/mol. The maximum Gasteiger partial charge on any atom is 0.253 e. The van der Waals surface area contributed by atoms with Gasteiger partial charge in [0.1, 0.15) is 29.6 Å². The Labute approximate surface area is 817 Å². The predicted molar refractivity (Wildman–Crippen MR) is 552 cm³/mol. The SMILES string of the molecule is COc1cc2c(NC3CCCCC3)nc(N3CCCC3)nc2cc1OCCCN1CCCC1.COc1cc2c(NC3CCCCC3)nc(N3CCCC3)nc2cc1OCCCN1CCCC1.COc1cc2c(NC3CCN(C(C)C)CC3)nc(-n3cccn3)nc2cc1OCCCN1CCCC1.COc1cc2c(NC3CCN(C(C)C)CC3)nc(-n3ccnc3)nc2cc1OCCCN1CCCC1. The van der Waals surface area contributed by atoms with Crippen LogP contribution in [0.3, 0.4) is 0 Å². The zero-order valence-corrected chi connectivity index (χ0v) is 83.9. The molecule has 2 aliphatic carbocycles. The van der Waals surface area contributed by atoms with Crippen molar-refractivity contribution >= 4 is 78.8 Å². The van der Waals surface area contributed by atoms with Crippen molar-refractivity contribution in [3.63, 3.8) is 0 Å². The Kier molecular flexibility index (Phi) is 36.0. The van der Waals surface area contributed by atoms with Crippen molar-refractivity contribution < 1.29 is 37.9 Å². The third-order valence-electron chi connectivity index (χ3n) is 29.5. The first-order chi connectivity index (χ1) is 67.8. The van der Waals surface area contributed by atoms with Crippen LogP contribution in [0.25, 0.3) is 55.5 Å². The number of benzene rings is 4. The highest BCUT2D eigenvalue weighted by Gasteiger charge is 2.31. The molecule has 20 rings (SSSR count). The first-order valence-corrected chi connectivity index (χ1v) is 52.8. The summed E-state index contributed by atoms with van der Waals surface area (Å²) in [5, 5.41) is 23.2. The van der Waals surface area contributed by atoms with Crippen molar-refractivity contribution in [3.8, 4) is 57.9 Å². The van der Waals surface area contributed by atoms with E-state index in [-0.39, 0.29) is 0 Å². The zero-order valence-electron chi connectivity index (χ0n) is 83.9.